The van der Waals surface area contributed by atoms with Crippen LogP contribution in [-0.2, 0) is 0 Å². The van der Waals surface area contributed by atoms with Crippen LogP contribution < -0.4 is 0 Å². The van der Waals surface area contributed by atoms with E-state index in [1.165, 1.54) is 41.9 Å². The van der Waals surface area contributed by atoms with Gasteiger partial charge in [0.2, 0.25) is 0 Å². The van der Waals surface area contributed by atoms with Crippen molar-refractivity contribution in [1.29, 1.82) is 0 Å². The third kappa shape index (κ3) is 2.77. The molecule has 1 saturated carbocycles. The quantitative estimate of drug-likeness (QED) is 0.628. The fourth-order valence-electron chi connectivity index (χ4n) is 3.13. The van der Waals surface area contributed by atoms with Gasteiger partial charge in [-0.2, -0.15) is 0 Å². The smallest absolute Gasteiger partial charge is 0.0101 e. The lowest BCUT2D eigenvalue weighted by Gasteiger charge is -2.38. The molecule has 0 saturated heterocycles. The Morgan fingerprint density at radius 2 is 1.83 bits per heavy atom. The molecule has 18 heavy (non-hydrogen) atoms. The minimum atomic E-state index is 0.527. The van der Waals surface area contributed by atoms with Crippen LogP contribution in [0.15, 0.2) is 29.2 Å². The molecule has 100 valence electrons. The summed E-state index contributed by atoms with van der Waals surface area (Å²) in [6.45, 7) is 9.62. The molecule has 1 aromatic carbocycles. The van der Waals surface area contributed by atoms with Crippen LogP contribution in [0.3, 0.4) is 0 Å². The highest BCUT2D eigenvalue weighted by Crippen LogP contribution is 2.54. The number of hydrogen-bond acceptors (Lipinski definition) is 1. The molecule has 0 unspecified atom stereocenters. The summed E-state index contributed by atoms with van der Waals surface area (Å²) in [7, 11) is 0. The SMILES string of the molecule is Cc1ccccc1SCC[C@]1(C)CCCC1(C)C. The summed E-state index contributed by atoms with van der Waals surface area (Å²) in [5, 5.41) is 0. The Balaban J connectivity index is 1.91. The van der Waals surface area contributed by atoms with Gasteiger partial charge in [-0.1, -0.05) is 45.4 Å². The van der Waals surface area contributed by atoms with Crippen LogP contribution in [0.5, 0.6) is 0 Å². The zero-order valence-corrected chi connectivity index (χ0v) is 13.1. The largest absolute Gasteiger partial charge is 0.126 e. The second kappa shape index (κ2) is 5.28. The van der Waals surface area contributed by atoms with E-state index < -0.39 is 0 Å². The van der Waals surface area contributed by atoms with Gasteiger partial charge >= 0.3 is 0 Å². The number of thioether (sulfide) groups is 1. The third-order valence-electron chi connectivity index (χ3n) is 5.17. The fourth-order valence-corrected chi connectivity index (χ4v) is 4.37. The molecule has 0 aliphatic heterocycles. The van der Waals surface area contributed by atoms with Crippen LogP contribution in [0.2, 0.25) is 0 Å². The van der Waals surface area contributed by atoms with Gasteiger partial charge in [0.15, 0.2) is 0 Å². The molecule has 0 aromatic heterocycles. The summed E-state index contributed by atoms with van der Waals surface area (Å²) in [6, 6.07) is 8.74. The molecule has 0 radical (unpaired) electrons. The Bertz CT molecular complexity index is 408. The van der Waals surface area contributed by atoms with Gasteiger partial charge in [0.05, 0.1) is 0 Å². The van der Waals surface area contributed by atoms with E-state index >= 15 is 0 Å². The molecule has 1 atom stereocenters. The summed E-state index contributed by atoms with van der Waals surface area (Å²) in [5.41, 5.74) is 2.49. The molecule has 0 amide bonds. The van der Waals surface area contributed by atoms with Crippen LogP contribution in [-0.4, -0.2) is 5.75 Å². The van der Waals surface area contributed by atoms with Gasteiger partial charge in [0.25, 0.3) is 0 Å². The zero-order valence-electron chi connectivity index (χ0n) is 12.3. The topological polar surface area (TPSA) is 0 Å². The molecule has 0 heterocycles. The summed E-state index contributed by atoms with van der Waals surface area (Å²) in [5.74, 6) is 1.25. The Morgan fingerprint density at radius 3 is 2.44 bits per heavy atom. The van der Waals surface area contributed by atoms with E-state index in [4.69, 9.17) is 0 Å². The zero-order chi connectivity index (χ0) is 13.2. The molecule has 0 nitrogen and oxygen atoms in total. The van der Waals surface area contributed by atoms with Crippen molar-refractivity contribution in [2.24, 2.45) is 10.8 Å². The number of hydrogen-bond donors (Lipinski definition) is 0. The lowest BCUT2D eigenvalue weighted by molar-refractivity contribution is 0.128. The Morgan fingerprint density at radius 1 is 1.11 bits per heavy atom. The van der Waals surface area contributed by atoms with Gasteiger partial charge in [-0.3, -0.25) is 0 Å². The molecule has 1 aromatic rings. The van der Waals surface area contributed by atoms with Crippen molar-refractivity contribution in [3.05, 3.63) is 29.8 Å². The second-order valence-corrected chi connectivity index (χ2v) is 7.80. The number of aryl methyl sites for hydroxylation is 1. The molecule has 2 rings (SSSR count). The van der Waals surface area contributed by atoms with Crippen molar-refractivity contribution in [3.8, 4) is 0 Å². The highest BCUT2D eigenvalue weighted by Gasteiger charge is 2.44. The normalized spacial score (nSPS) is 26.4. The van der Waals surface area contributed by atoms with Gasteiger partial charge in [-0.05, 0) is 54.4 Å². The van der Waals surface area contributed by atoms with E-state index in [0.29, 0.717) is 10.8 Å². The van der Waals surface area contributed by atoms with Crippen molar-refractivity contribution < 1.29 is 0 Å². The van der Waals surface area contributed by atoms with Gasteiger partial charge in [0.1, 0.15) is 0 Å². The highest BCUT2D eigenvalue weighted by atomic mass is 32.2. The average molecular weight is 262 g/mol. The van der Waals surface area contributed by atoms with Gasteiger partial charge in [0, 0.05) is 4.90 Å². The Hall–Kier alpha value is -0.430. The first-order valence-corrected chi connectivity index (χ1v) is 8.12. The second-order valence-electron chi connectivity index (χ2n) is 6.66. The molecule has 1 heteroatoms. The lowest BCUT2D eigenvalue weighted by Crippen LogP contribution is -2.30. The van der Waals surface area contributed by atoms with Crippen LogP contribution in [0.4, 0.5) is 0 Å². The Kier molecular flexibility index (Phi) is 4.11. The fraction of sp³-hybridized carbons (Fsp3) is 0.647. The summed E-state index contributed by atoms with van der Waals surface area (Å²) in [4.78, 5) is 1.46. The lowest BCUT2D eigenvalue weighted by atomic mass is 9.68. The maximum absolute atomic E-state index is 2.50. The predicted octanol–water partition coefficient (Wildman–Crippen LogP) is 5.69. The minimum Gasteiger partial charge on any atom is -0.126 e. The maximum Gasteiger partial charge on any atom is 0.0101 e. The van der Waals surface area contributed by atoms with Gasteiger partial charge in [-0.25, -0.2) is 0 Å². The van der Waals surface area contributed by atoms with E-state index in [9.17, 15) is 0 Å². The van der Waals surface area contributed by atoms with Gasteiger partial charge < -0.3 is 0 Å². The van der Waals surface area contributed by atoms with Crippen molar-refractivity contribution >= 4 is 11.8 Å². The standard InChI is InChI=1S/C17H26S/c1-14-8-5-6-9-15(14)18-13-12-17(4)11-7-10-16(17,2)3/h5-6,8-9H,7,10-13H2,1-4H3/t17-/m0/s1. The summed E-state index contributed by atoms with van der Waals surface area (Å²) in [6.07, 6.45) is 5.57. The predicted molar refractivity (Wildman–Crippen MR) is 82.3 cm³/mol. The van der Waals surface area contributed by atoms with Crippen molar-refractivity contribution in [3.63, 3.8) is 0 Å². The molecule has 0 bridgehead atoms. The first kappa shape index (κ1) is 14.0. The molecule has 0 N–H and O–H groups in total. The monoisotopic (exact) mass is 262 g/mol. The van der Waals surface area contributed by atoms with Crippen LogP contribution in [0.1, 0.15) is 52.0 Å². The number of benzene rings is 1. The van der Waals surface area contributed by atoms with Crippen LogP contribution in [0.25, 0.3) is 0 Å². The van der Waals surface area contributed by atoms with Crippen molar-refractivity contribution in [2.75, 3.05) is 5.75 Å². The summed E-state index contributed by atoms with van der Waals surface area (Å²) >= 11 is 2.03. The van der Waals surface area contributed by atoms with E-state index in [0.717, 1.165) is 0 Å². The molecular formula is C17H26S. The molecule has 1 fully saturated rings. The van der Waals surface area contributed by atoms with E-state index in [1.807, 2.05) is 11.8 Å². The average Bonchev–Trinajstić information content (AvgIpc) is 2.56. The van der Waals surface area contributed by atoms with Crippen molar-refractivity contribution in [2.45, 2.75) is 58.3 Å². The maximum atomic E-state index is 2.50. The molecule has 0 spiro atoms. The molecular weight excluding hydrogens is 236 g/mol. The third-order valence-corrected chi connectivity index (χ3v) is 6.35. The Labute approximate surface area is 117 Å². The summed E-state index contributed by atoms with van der Waals surface area (Å²) < 4.78 is 0. The highest BCUT2D eigenvalue weighted by molar-refractivity contribution is 7.99. The number of rotatable bonds is 4. The van der Waals surface area contributed by atoms with Gasteiger partial charge in [-0.15, -0.1) is 11.8 Å². The van der Waals surface area contributed by atoms with E-state index in [-0.39, 0.29) is 0 Å². The van der Waals surface area contributed by atoms with Crippen LogP contribution >= 0.6 is 11.8 Å². The van der Waals surface area contributed by atoms with Crippen LogP contribution in [0, 0.1) is 17.8 Å². The first-order chi connectivity index (χ1) is 8.45. The van der Waals surface area contributed by atoms with Crippen molar-refractivity contribution in [1.82, 2.24) is 0 Å². The molecule has 1 aliphatic rings. The van der Waals surface area contributed by atoms with E-state index in [1.54, 1.807) is 0 Å². The van der Waals surface area contributed by atoms with E-state index in [2.05, 4.69) is 52.0 Å². The first-order valence-electron chi connectivity index (χ1n) is 7.13. The minimum absolute atomic E-state index is 0.527. The molecule has 1 aliphatic carbocycles.